The second-order valence-corrected chi connectivity index (χ2v) is 11.4. The largest absolute Gasteiger partial charge is 0.492 e. The molecule has 0 aliphatic carbocycles. The van der Waals surface area contributed by atoms with E-state index in [1.165, 1.54) is 4.90 Å². The van der Waals surface area contributed by atoms with Crippen molar-refractivity contribution in [2.45, 2.75) is 45.7 Å². The minimum Gasteiger partial charge on any atom is -0.492 e. The number of anilines is 1. The molecule has 0 spiro atoms. The smallest absolute Gasteiger partial charge is 0.244 e. The number of carbonyl (C=O) groups is 2. The first-order valence-corrected chi connectivity index (χ1v) is 15.4. The van der Waals surface area contributed by atoms with Crippen LogP contribution in [-0.4, -0.2) is 57.1 Å². The molecule has 1 N–H and O–H groups in total. The highest BCUT2D eigenvalue weighted by Crippen LogP contribution is 2.30. The molecule has 0 fully saturated rings. The fourth-order valence-corrected chi connectivity index (χ4v) is 5.23. The minimum atomic E-state index is -3.88. The predicted octanol–water partition coefficient (Wildman–Crippen LogP) is 4.41. The lowest BCUT2D eigenvalue weighted by atomic mass is 10.0. The van der Waals surface area contributed by atoms with Gasteiger partial charge < -0.3 is 15.0 Å². The summed E-state index contributed by atoms with van der Waals surface area (Å²) in [5, 5.41) is 2.98. The third-order valence-corrected chi connectivity index (χ3v) is 7.54. The van der Waals surface area contributed by atoms with Crippen molar-refractivity contribution in [3.05, 3.63) is 96.1 Å². The molecule has 0 unspecified atom stereocenters. The average molecular weight is 566 g/mol. The Morgan fingerprint density at radius 2 is 1.48 bits per heavy atom. The Bertz CT molecular complexity index is 1330. The van der Waals surface area contributed by atoms with Crippen LogP contribution < -0.4 is 14.4 Å². The van der Waals surface area contributed by atoms with Gasteiger partial charge in [-0.05, 0) is 36.6 Å². The summed E-state index contributed by atoms with van der Waals surface area (Å²) in [6, 6.07) is 24.8. The second-order valence-electron chi connectivity index (χ2n) is 9.53. The molecule has 0 aromatic heterocycles. The highest BCUT2D eigenvalue weighted by Gasteiger charge is 2.33. The number of sulfonamides is 1. The van der Waals surface area contributed by atoms with Gasteiger partial charge in [-0.2, -0.15) is 0 Å². The Morgan fingerprint density at radius 3 is 2.08 bits per heavy atom. The average Bonchev–Trinajstić information content (AvgIpc) is 2.94. The molecule has 1 atom stereocenters. The van der Waals surface area contributed by atoms with Crippen LogP contribution in [0.2, 0.25) is 0 Å². The van der Waals surface area contributed by atoms with Gasteiger partial charge in [0, 0.05) is 19.5 Å². The Labute approximate surface area is 238 Å². The molecular weight excluding hydrogens is 526 g/mol. The van der Waals surface area contributed by atoms with E-state index in [4.69, 9.17) is 4.74 Å². The van der Waals surface area contributed by atoms with E-state index < -0.39 is 28.5 Å². The standard InChI is InChI=1S/C31H39N3O5S/c1-4-6-21-32-31(36)28(22-25-15-9-7-10-16-25)33(23-26-17-11-8-12-18-26)30(35)24-34(40(3,37)38)27-19-13-14-20-29(27)39-5-2/h7-20,28H,4-6,21-24H2,1-3H3,(H,32,36)/t28-/m0/s1. The Morgan fingerprint density at radius 1 is 0.875 bits per heavy atom. The Kier molecular flexibility index (Phi) is 11.6. The van der Waals surface area contributed by atoms with Crippen LogP contribution in [0.25, 0.3) is 0 Å². The molecule has 0 aliphatic rings. The molecule has 0 saturated heterocycles. The molecule has 214 valence electrons. The van der Waals surface area contributed by atoms with Crippen LogP contribution in [0.1, 0.15) is 37.8 Å². The first kappa shape index (κ1) is 30.7. The summed E-state index contributed by atoms with van der Waals surface area (Å²) in [5.41, 5.74) is 1.99. The lowest BCUT2D eigenvalue weighted by Crippen LogP contribution is -2.53. The molecule has 8 nitrogen and oxygen atoms in total. The normalized spacial score (nSPS) is 11.9. The highest BCUT2D eigenvalue weighted by atomic mass is 32.2. The van der Waals surface area contributed by atoms with Gasteiger partial charge in [0.15, 0.2) is 0 Å². The summed E-state index contributed by atoms with van der Waals surface area (Å²) >= 11 is 0. The minimum absolute atomic E-state index is 0.142. The molecule has 0 bridgehead atoms. The van der Waals surface area contributed by atoms with Crippen molar-refractivity contribution in [2.75, 3.05) is 30.3 Å². The number of nitrogens with zero attached hydrogens (tertiary/aromatic N) is 2. The SMILES string of the molecule is CCCCNC(=O)[C@H](Cc1ccccc1)N(Cc1ccccc1)C(=O)CN(c1ccccc1OCC)S(C)(=O)=O. The Balaban J connectivity index is 2.03. The number of hydrogen-bond acceptors (Lipinski definition) is 5. The molecule has 9 heteroatoms. The fraction of sp³-hybridized carbons (Fsp3) is 0.355. The Hall–Kier alpha value is -3.85. The van der Waals surface area contributed by atoms with E-state index in [1.807, 2.05) is 67.6 Å². The summed E-state index contributed by atoms with van der Waals surface area (Å²) in [5.74, 6) is -0.412. The van der Waals surface area contributed by atoms with Crippen molar-refractivity contribution in [3.63, 3.8) is 0 Å². The van der Waals surface area contributed by atoms with Crippen LogP contribution in [0, 0.1) is 0 Å². The summed E-state index contributed by atoms with van der Waals surface area (Å²) in [6.07, 6.45) is 3.07. The van der Waals surface area contributed by atoms with Gasteiger partial charge in [-0.25, -0.2) is 8.42 Å². The highest BCUT2D eigenvalue weighted by molar-refractivity contribution is 7.92. The number of carbonyl (C=O) groups excluding carboxylic acids is 2. The van der Waals surface area contributed by atoms with Gasteiger partial charge in [0.25, 0.3) is 0 Å². The van der Waals surface area contributed by atoms with E-state index in [0.717, 1.165) is 34.5 Å². The van der Waals surface area contributed by atoms with Gasteiger partial charge in [-0.15, -0.1) is 0 Å². The molecule has 3 aromatic rings. The predicted molar refractivity (Wildman–Crippen MR) is 159 cm³/mol. The van der Waals surface area contributed by atoms with Crippen molar-refractivity contribution in [2.24, 2.45) is 0 Å². The molecular formula is C31H39N3O5S. The zero-order chi connectivity index (χ0) is 29.0. The number of unbranched alkanes of at least 4 members (excludes halogenated alkanes) is 1. The maximum Gasteiger partial charge on any atom is 0.244 e. The maximum atomic E-state index is 14.1. The van der Waals surface area contributed by atoms with E-state index in [0.29, 0.717) is 18.9 Å². The van der Waals surface area contributed by atoms with Crippen molar-refractivity contribution in [1.29, 1.82) is 0 Å². The van der Waals surface area contributed by atoms with E-state index in [1.54, 1.807) is 31.2 Å². The van der Waals surface area contributed by atoms with Crippen LogP contribution in [0.4, 0.5) is 5.69 Å². The lowest BCUT2D eigenvalue weighted by molar-refractivity contribution is -0.140. The molecule has 40 heavy (non-hydrogen) atoms. The van der Waals surface area contributed by atoms with E-state index in [-0.39, 0.29) is 24.6 Å². The van der Waals surface area contributed by atoms with E-state index in [9.17, 15) is 18.0 Å². The van der Waals surface area contributed by atoms with E-state index >= 15 is 0 Å². The quantitative estimate of drug-likeness (QED) is 0.276. The van der Waals surface area contributed by atoms with Crippen LogP contribution in [0.5, 0.6) is 5.75 Å². The number of para-hydroxylation sites is 2. The molecule has 3 aromatic carbocycles. The van der Waals surface area contributed by atoms with Gasteiger partial charge in [-0.1, -0.05) is 86.1 Å². The van der Waals surface area contributed by atoms with Crippen molar-refractivity contribution < 1.29 is 22.7 Å². The topological polar surface area (TPSA) is 96.0 Å². The second kappa shape index (κ2) is 15.1. The first-order valence-electron chi connectivity index (χ1n) is 13.6. The van der Waals surface area contributed by atoms with Crippen LogP contribution in [0.3, 0.4) is 0 Å². The number of benzene rings is 3. The zero-order valence-electron chi connectivity index (χ0n) is 23.5. The van der Waals surface area contributed by atoms with Gasteiger partial charge >= 0.3 is 0 Å². The number of ether oxygens (including phenoxy) is 1. The van der Waals surface area contributed by atoms with Gasteiger partial charge in [0.2, 0.25) is 21.8 Å². The fourth-order valence-electron chi connectivity index (χ4n) is 4.38. The van der Waals surface area contributed by atoms with Crippen molar-refractivity contribution >= 4 is 27.5 Å². The number of rotatable bonds is 15. The van der Waals surface area contributed by atoms with E-state index in [2.05, 4.69) is 5.32 Å². The van der Waals surface area contributed by atoms with Crippen LogP contribution in [-0.2, 0) is 32.6 Å². The molecule has 0 saturated carbocycles. The molecule has 0 radical (unpaired) electrons. The van der Waals surface area contributed by atoms with Crippen molar-refractivity contribution in [3.8, 4) is 5.75 Å². The summed E-state index contributed by atoms with van der Waals surface area (Å²) in [7, 11) is -3.88. The summed E-state index contributed by atoms with van der Waals surface area (Å²) < 4.78 is 32.7. The van der Waals surface area contributed by atoms with Crippen LogP contribution in [0.15, 0.2) is 84.9 Å². The first-order chi connectivity index (χ1) is 19.2. The number of amides is 2. The summed E-state index contributed by atoms with van der Waals surface area (Å²) in [6.45, 7) is 4.33. The third-order valence-electron chi connectivity index (χ3n) is 6.41. The molecule has 2 amide bonds. The lowest BCUT2D eigenvalue weighted by Gasteiger charge is -2.33. The number of nitrogens with one attached hydrogen (secondary N) is 1. The molecule has 0 aliphatic heterocycles. The van der Waals surface area contributed by atoms with Gasteiger partial charge in [0.05, 0.1) is 18.6 Å². The molecule has 0 heterocycles. The molecule has 3 rings (SSSR count). The summed E-state index contributed by atoms with van der Waals surface area (Å²) in [4.78, 5) is 29.2. The third kappa shape index (κ3) is 8.84. The van der Waals surface area contributed by atoms with Crippen LogP contribution >= 0.6 is 0 Å². The zero-order valence-corrected chi connectivity index (χ0v) is 24.3. The van der Waals surface area contributed by atoms with Gasteiger partial charge in [-0.3, -0.25) is 13.9 Å². The maximum absolute atomic E-state index is 14.1. The van der Waals surface area contributed by atoms with Gasteiger partial charge in [0.1, 0.15) is 18.3 Å². The number of hydrogen-bond donors (Lipinski definition) is 1. The monoisotopic (exact) mass is 565 g/mol. The van der Waals surface area contributed by atoms with Crippen molar-refractivity contribution in [1.82, 2.24) is 10.2 Å².